The maximum absolute atomic E-state index is 12.0. The van der Waals surface area contributed by atoms with E-state index in [1.807, 2.05) is 25.1 Å². The van der Waals surface area contributed by atoms with Gasteiger partial charge in [0.15, 0.2) is 11.5 Å². The number of rotatable bonds is 3. The minimum atomic E-state index is -0.261. The van der Waals surface area contributed by atoms with E-state index >= 15 is 0 Å². The number of carbonyl (C=O) groups excluding carboxylic acids is 1. The number of hydrogen-bond donors (Lipinski definition) is 1. The highest BCUT2D eigenvalue weighted by Gasteiger charge is 2.17. The van der Waals surface area contributed by atoms with Crippen molar-refractivity contribution in [3.8, 4) is 11.5 Å². The number of ether oxygens (including phenoxy) is 2. The van der Waals surface area contributed by atoms with Crippen LogP contribution in [0.15, 0.2) is 36.8 Å². The molecule has 0 unspecified atom stereocenters. The first kappa shape index (κ1) is 12.4. The highest BCUT2D eigenvalue weighted by Crippen LogP contribution is 2.34. The Labute approximate surface area is 115 Å². The summed E-state index contributed by atoms with van der Waals surface area (Å²) >= 11 is 0. The summed E-state index contributed by atoms with van der Waals surface area (Å²) in [4.78, 5) is 19.8. The van der Waals surface area contributed by atoms with Crippen LogP contribution in [0.25, 0.3) is 0 Å². The maximum atomic E-state index is 12.0. The van der Waals surface area contributed by atoms with E-state index in [1.54, 1.807) is 0 Å². The minimum Gasteiger partial charge on any atom is -0.454 e. The number of carbonyl (C=O) groups is 1. The second kappa shape index (κ2) is 5.16. The summed E-state index contributed by atoms with van der Waals surface area (Å²) in [5, 5.41) is 2.87. The fourth-order valence-corrected chi connectivity index (χ4v) is 1.95. The summed E-state index contributed by atoms with van der Waals surface area (Å²) in [5.74, 6) is 1.16. The van der Waals surface area contributed by atoms with Gasteiger partial charge in [-0.3, -0.25) is 9.78 Å². The summed E-state index contributed by atoms with van der Waals surface area (Å²) in [7, 11) is 0. The Kier molecular flexibility index (Phi) is 3.20. The van der Waals surface area contributed by atoms with Crippen LogP contribution in [0.5, 0.6) is 11.5 Å². The molecule has 20 heavy (non-hydrogen) atoms. The van der Waals surface area contributed by atoms with E-state index in [0.717, 1.165) is 11.3 Å². The normalized spacial score (nSPS) is 13.8. The zero-order valence-corrected chi connectivity index (χ0v) is 10.9. The third kappa shape index (κ3) is 2.40. The summed E-state index contributed by atoms with van der Waals surface area (Å²) in [6.45, 7) is 2.13. The fourth-order valence-electron chi connectivity index (χ4n) is 1.95. The molecule has 1 aromatic carbocycles. The first-order valence-corrected chi connectivity index (χ1v) is 6.20. The van der Waals surface area contributed by atoms with Crippen LogP contribution in [-0.4, -0.2) is 22.7 Å². The third-order valence-corrected chi connectivity index (χ3v) is 3.04. The number of nitrogens with one attached hydrogen (secondary N) is 1. The average molecular weight is 271 g/mol. The predicted octanol–water partition coefficient (Wildman–Crippen LogP) is 1.70. The Hall–Kier alpha value is -2.63. The van der Waals surface area contributed by atoms with Crippen molar-refractivity contribution in [2.75, 3.05) is 6.79 Å². The molecule has 1 aliphatic rings. The molecule has 0 spiro atoms. The van der Waals surface area contributed by atoms with Crippen molar-refractivity contribution in [2.24, 2.45) is 0 Å². The van der Waals surface area contributed by atoms with Crippen molar-refractivity contribution in [2.45, 2.75) is 13.0 Å². The molecular weight excluding hydrogens is 258 g/mol. The molecule has 0 saturated carbocycles. The van der Waals surface area contributed by atoms with Crippen molar-refractivity contribution >= 4 is 5.91 Å². The van der Waals surface area contributed by atoms with Gasteiger partial charge in [-0.2, -0.15) is 0 Å². The molecule has 2 heterocycles. The van der Waals surface area contributed by atoms with Gasteiger partial charge in [-0.15, -0.1) is 0 Å². The van der Waals surface area contributed by atoms with Crippen LogP contribution in [-0.2, 0) is 0 Å². The minimum absolute atomic E-state index is 0.168. The van der Waals surface area contributed by atoms with Crippen LogP contribution < -0.4 is 14.8 Å². The van der Waals surface area contributed by atoms with Gasteiger partial charge in [-0.05, 0) is 24.6 Å². The van der Waals surface area contributed by atoms with E-state index in [9.17, 15) is 4.79 Å². The molecule has 0 saturated heterocycles. The molecule has 6 heteroatoms. The van der Waals surface area contributed by atoms with Gasteiger partial charge in [0.25, 0.3) is 5.91 Å². The monoisotopic (exact) mass is 271 g/mol. The van der Waals surface area contributed by atoms with Crippen LogP contribution in [0.2, 0.25) is 0 Å². The van der Waals surface area contributed by atoms with E-state index in [4.69, 9.17) is 9.47 Å². The van der Waals surface area contributed by atoms with Crippen molar-refractivity contribution in [3.63, 3.8) is 0 Å². The number of amides is 1. The molecular formula is C14H13N3O3. The maximum Gasteiger partial charge on any atom is 0.271 e. The van der Waals surface area contributed by atoms with Gasteiger partial charge in [0.05, 0.1) is 12.2 Å². The highest BCUT2D eigenvalue weighted by molar-refractivity contribution is 5.92. The van der Waals surface area contributed by atoms with Crippen LogP contribution in [0.3, 0.4) is 0 Å². The Bertz CT molecular complexity index is 631. The molecule has 0 fully saturated rings. The molecule has 1 aromatic heterocycles. The lowest BCUT2D eigenvalue weighted by atomic mass is 10.1. The molecule has 0 aliphatic carbocycles. The number of fused-ring (bicyclic) bond motifs is 1. The fraction of sp³-hybridized carbons (Fsp3) is 0.214. The van der Waals surface area contributed by atoms with Gasteiger partial charge in [0, 0.05) is 12.4 Å². The van der Waals surface area contributed by atoms with E-state index in [1.165, 1.54) is 18.6 Å². The molecule has 1 aliphatic heterocycles. The zero-order chi connectivity index (χ0) is 13.9. The van der Waals surface area contributed by atoms with E-state index in [0.29, 0.717) is 11.4 Å². The first-order valence-electron chi connectivity index (χ1n) is 6.20. The second-order valence-electron chi connectivity index (χ2n) is 4.40. The summed E-state index contributed by atoms with van der Waals surface area (Å²) in [5.41, 5.74) is 1.23. The summed E-state index contributed by atoms with van der Waals surface area (Å²) in [6.07, 6.45) is 4.44. The van der Waals surface area contributed by atoms with E-state index < -0.39 is 0 Å². The molecule has 6 nitrogen and oxygen atoms in total. The molecule has 102 valence electrons. The van der Waals surface area contributed by atoms with E-state index in [2.05, 4.69) is 15.3 Å². The van der Waals surface area contributed by atoms with Crippen LogP contribution in [0, 0.1) is 0 Å². The molecule has 3 rings (SSSR count). The Balaban J connectivity index is 1.73. The van der Waals surface area contributed by atoms with Crippen molar-refractivity contribution in [1.82, 2.24) is 15.3 Å². The lowest BCUT2D eigenvalue weighted by molar-refractivity contribution is 0.0934. The molecule has 0 radical (unpaired) electrons. The van der Waals surface area contributed by atoms with Crippen molar-refractivity contribution in [3.05, 3.63) is 48.0 Å². The Morgan fingerprint density at radius 3 is 2.95 bits per heavy atom. The molecule has 0 bridgehead atoms. The van der Waals surface area contributed by atoms with E-state index in [-0.39, 0.29) is 18.7 Å². The number of hydrogen-bond acceptors (Lipinski definition) is 5. The third-order valence-electron chi connectivity index (χ3n) is 3.04. The molecule has 2 aromatic rings. The molecule has 1 atom stereocenters. The molecule has 1 N–H and O–H groups in total. The van der Waals surface area contributed by atoms with Gasteiger partial charge in [-0.1, -0.05) is 6.07 Å². The summed E-state index contributed by atoms with van der Waals surface area (Å²) < 4.78 is 10.6. The average Bonchev–Trinajstić information content (AvgIpc) is 2.95. The van der Waals surface area contributed by atoms with Gasteiger partial charge in [-0.25, -0.2) is 4.98 Å². The standard InChI is InChI=1S/C14H13N3O3/c1-9(17-14(18)11-7-15-4-5-16-11)10-2-3-12-13(6-10)20-8-19-12/h2-7,9H,8H2,1H3,(H,17,18)/t9-/m0/s1. The number of benzene rings is 1. The smallest absolute Gasteiger partial charge is 0.271 e. The first-order chi connectivity index (χ1) is 9.74. The van der Waals surface area contributed by atoms with Gasteiger partial charge >= 0.3 is 0 Å². The Morgan fingerprint density at radius 1 is 1.30 bits per heavy atom. The van der Waals surface area contributed by atoms with Crippen LogP contribution in [0.1, 0.15) is 29.0 Å². The topological polar surface area (TPSA) is 73.3 Å². The number of nitrogens with zero attached hydrogens (tertiary/aromatic N) is 2. The summed E-state index contributed by atoms with van der Waals surface area (Å²) in [6, 6.07) is 5.43. The second-order valence-corrected chi connectivity index (χ2v) is 4.40. The predicted molar refractivity (Wildman–Crippen MR) is 70.5 cm³/mol. The van der Waals surface area contributed by atoms with Crippen LogP contribution in [0.4, 0.5) is 0 Å². The van der Waals surface area contributed by atoms with Crippen molar-refractivity contribution < 1.29 is 14.3 Å². The van der Waals surface area contributed by atoms with Crippen molar-refractivity contribution in [1.29, 1.82) is 0 Å². The number of aromatic nitrogens is 2. The van der Waals surface area contributed by atoms with Crippen LogP contribution >= 0.6 is 0 Å². The van der Waals surface area contributed by atoms with Gasteiger partial charge in [0.1, 0.15) is 5.69 Å². The Morgan fingerprint density at radius 2 is 2.15 bits per heavy atom. The largest absolute Gasteiger partial charge is 0.454 e. The zero-order valence-electron chi connectivity index (χ0n) is 10.9. The lowest BCUT2D eigenvalue weighted by Crippen LogP contribution is -2.27. The molecule has 1 amide bonds. The van der Waals surface area contributed by atoms with Gasteiger partial charge in [0.2, 0.25) is 6.79 Å². The quantitative estimate of drug-likeness (QED) is 0.919. The lowest BCUT2D eigenvalue weighted by Gasteiger charge is -2.14. The SMILES string of the molecule is C[C@H](NC(=O)c1cnccn1)c1ccc2c(c1)OCO2. The highest BCUT2D eigenvalue weighted by atomic mass is 16.7. The van der Waals surface area contributed by atoms with Gasteiger partial charge < -0.3 is 14.8 Å².